The fraction of sp³-hybridized carbons (Fsp3) is 0.600. The Morgan fingerprint density at radius 3 is 2.77 bits per heavy atom. The van der Waals surface area contributed by atoms with Crippen LogP contribution in [-0.4, -0.2) is 16.6 Å². The molecule has 1 heterocycles. The summed E-state index contributed by atoms with van der Waals surface area (Å²) in [6.45, 7) is 2.87. The summed E-state index contributed by atoms with van der Waals surface area (Å²) in [4.78, 5) is 8.37. The molecule has 13 heavy (non-hydrogen) atoms. The summed E-state index contributed by atoms with van der Waals surface area (Å²) in [5, 5.41) is 0. The lowest BCUT2D eigenvalue weighted by molar-refractivity contribution is 0.287. The average Bonchev–Trinajstić information content (AvgIpc) is 2.99. The quantitative estimate of drug-likeness (QED) is 0.705. The van der Waals surface area contributed by atoms with Crippen molar-refractivity contribution >= 4 is 0 Å². The standard InChI is InChI=1S/C10H14N2O/c1-2-9-5-12-10(6-11-9)13-7-8-3-4-8/h5-6,8H,2-4,7H2,1H3. The van der Waals surface area contributed by atoms with Crippen LogP contribution in [0.4, 0.5) is 0 Å². The molecule has 0 unspecified atom stereocenters. The monoisotopic (exact) mass is 178 g/mol. The first-order valence-corrected chi connectivity index (χ1v) is 4.82. The van der Waals surface area contributed by atoms with Crippen LogP contribution in [0.5, 0.6) is 5.88 Å². The summed E-state index contributed by atoms with van der Waals surface area (Å²) in [5.74, 6) is 1.43. The van der Waals surface area contributed by atoms with Crippen LogP contribution < -0.4 is 4.74 Å². The van der Waals surface area contributed by atoms with Gasteiger partial charge in [-0.3, -0.25) is 4.98 Å². The fourth-order valence-corrected chi connectivity index (χ4v) is 1.09. The molecule has 1 aliphatic rings. The topological polar surface area (TPSA) is 35.0 Å². The third-order valence-corrected chi connectivity index (χ3v) is 2.21. The van der Waals surface area contributed by atoms with Crippen molar-refractivity contribution in [2.45, 2.75) is 26.2 Å². The highest BCUT2D eigenvalue weighted by molar-refractivity contribution is 5.07. The maximum absolute atomic E-state index is 5.46. The number of rotatable bonds is 4. The van der Waals surface area contributed by atoms with E-state index in [1.165, 1.54) is 12.8 Å². The molecule has 0 amide bonds. The molecule has 0 aromatic carbocycles. The molecule has 0 spiro atoms. The molecule has 0 bridgehead atoms. The van der Waals surface area contributed by atoms with E-state index < -0.39 is 0 Å². The fourth-order valence-electron chi connectivity index (χ4n) is 1.09. The van der Waals surface area contributed by atoms with Crippen LogP contribution in [-0.2, 0) is 6.42 Å². The molecule has 0 aliphatic heterocycles. The van der Waals surface area contributed by atoms with Crippen LogP contribution in [0.15, 0.2) is 12.4 Å². The molecule has 1 saturated carbocycles. The highest BCUT2D eigenvalue weighted by Crippen LogP contribution is 2.28. The molecule has 0 saturated heterocycles. The maximum Gasteiger partial charge on any atom is 0.232 e. The van der Waals surface area contributed by atoms with Crippen molar-refractivity contribution < 1.29 is 4.74 Å². The molecule has 70 valence electrons. The van der Waals surface area contributed by atoms with E-state index in [0.717, 1.165) is 24.6 Å². The van der Waals surface area contributed by atoms with Gasteiger partial charge in [0.25, 0.3) is 0 Å². The van der Waals surface area contributed by atoms with Crippen LogP contribution in [0.2, 0.25) is 0 Å². The summed E-state index contributed by atoms with van der Waals surface area (Å²) in [6, 6.07) is 0. The van der Waals surface area contributed by atoms with Gasteiger partial charge in [0.15, 0.2) is 0 Å². The third-order valence-electron chi connectivity index (χ3n) is 2.21. The molecule has 3 heteroatoms. The van der Waals surface area contributed by atoms with Crippen molar-refractivity contribution in [2.75, 3.05) is 6.61 Å². The van der Waals surface area contributed by atoms with Gasteiger partial charge in [-0.1, -0.05) is 6.92 Å². The van der Waals surface area contributed by atoms with Gasteiger partial charge in [-0.15, -0.1) is 0 Å². The number of ether oxygens (including phenoxy) is 1. The Balaban J connectivity index is 1.88. The van der Waals surface area contributed by atoms with Crippen molar-refractivity contribution in [1.29, 1.82) is 0 Å². The first-order valence-electron chi connectivity index (χ1n) is 4.82. The van der Waals surface area contributed by atoms with Gasteiger partial charge in [0, 0.05) is 0 Å². The summed E-state index contributed by atoms with van der Waals surface area (Å²) in [6.07, 6.45) is 7.03. The van der Waals surface area contributed by atoms with E-state index in [0.29, 0.717) is 5.88 Å². The van der Waals surface area contributed by atoms with Crippen molar-refractivity contribution in [3.05, 3.63) is 18.1 Å². The predicted octanol–water partition coefficient (Wildman–Crippen LogP) is 1.83. The summed E-state index contributed by atoms with van der Waals surface area (Å²) >= 11 is 0. The van der Waals surface area contributed by atoms with E-state index in [-0.39, 0.29) is 0 Å². The van der Waals surface area contributed by atoms with E-state index in [1.54, 1.807) is 12.4 Å². The lowest BCUT2D eigenvalue weighted by Crippen LogP contribution is -2.01. The van der Waals surface area contributed by atoms with E-state index in [9.17, 15) is 0 Å². The minimum absolute atomic E-state index is 0.657. The Hall–Kier alpha value is -1.12. The molecular formula is C10H14N2O. The molecule has 0 atom stereocenters. The van der Waals surface area contributed by atoms with Crippen LogP contribution in [0.25, 0.3) is 0 Å². The van der Waals surface area contributed by atoms with Crippen molar-refractivity contribution in [3.63, 3.8) is 0 Å². The van der Waals surface area contributed by atoms with Gasteiger partial charge in [0.2, 0.25) is 5.88 Å². The van der Waals surface area contributed by atoms with Crippen LogP contribution >= 0.6 is 0 Å². The van der Waals surface area contributed by atoms with Gasteiger partial charge in [-0.05, 0) is 25.2 Å². The molecule has 0 N–H and O–H groups in total. The maximum atomic E-state index is 5.46. The first-order chi connectivity index (χ1) is 6.38. The molecule has 3 nitrogen and oxygen atoms in total. The Bertz CT molecular complexity index is 267. The summed E-state index contributed by atoms with van der Waals surface area (Å²) in [7, 11) is 0. The Morgan fingerprint density at radius 1 is 1.38 bits per heavy atom. The number of hydrogen-bond acceptors (Lipinski definition) is 3. The lowest BCUT2D eigenvalue weighted by atomic mass is 10.4. The molecule has 1 aliphatic carbocycles. The van der Waals surface area contributed by atoms with Crippen molar-refractivity contribution in [3.8, 4) is 5.88 Å². The number of aryl methyl sites for hydroxylation is 1. The van der Waals surface area contributed by atoms with E-state index in [2.05, 4.69) is 16.9 Å². The first kappa shape index (κ1) is 8.48. The second kappa shape index (κ2) is 3.73. The summed E-state index contributed by atoms with van der Waals surface area (Å²) in [5.41, 5.74) is 1.01. The van der Waals surface area contributed by atoms with Crippen molar-refractivity contribution in [1.82, 2.24) is 9.97 Å². The molecule has 0 radical (unpaired) electrons. The van der Waals surface area contributed by atoms with Gasteiger partial charge in [-0.25, -0.2) is 4.98 Å². The molecule has 2 rings (SSSR count). The van der Waals surface area contributed by atoms with Gasteiger partial charge in [0.1, 0.15) is 0 Å². The zero-order valence-corrected chi connectivity index (χ0v) is 7.86. The third kappa shape index (κ3) is 2.41. The van der Waals surface area contributed by atoms with E-state index in [1.807, 2.05) is 0 Å². The number of hydrogen-bond donors (Lipinski definition) is 0. The Morgan fingerprint density at radius 2 is 2.23 bits per heavy atom. The molecule has 1 fully saturated rings. The van der Waals surface area contributed by atoms with Crippen LogP contribution in [0.1, 0.15) is 25.5 Å². The Kier molecular flexibility index (Phi) is 2.43. The van der Waals surface area contributed by atoms with E-state index in [4.69, 9.17) is 4.74 Å². The Labute approximate surface area is 78.2 Å². The van der Waals surface area contributed by atoms with Crippen LogP contribution in [0, 0.1) is 5.92 Å². The molecule has 1 aromatic rings. The number of nitrogens with zero attached hydrogens (tertiary/aromatic N) is 2. The van der Waals surface area contributed by atoms with E-state index >= 15 is 0 Å². The molecular weight excluding hydrogens is 164 g/mol. The minimum atomic E-state index is 0.657. The van der Waals surface area contributed by atoms with Gasteiger partial charge < -0.3 is 4.74 Å². The second-order valence-corrected chi connectivity index (χ2v) is 3.45. The highest BCUT2D eigenvalue weighted by atomic mass is 16.5. The number of aromatic nitrogens is 2. The normalized spacial score (nSPS) is 15.8. The van der Waals surface area contributed by atoms with Crippen LogP contribution in [0.3, 0.4) is 0 Å². The van der Waals surface area contributed by atoms with Crippen molar-refractivity contribution in [2.24, 2.45) is 5.92 Å². The zero-order chi connectivity index (χ0) is 9.10. The lowest BCUT2D eigenvalue weighted by Gasteiger charge is -2.03. The largest absolute Gasteiger partial charge is 0.476 e. The summed E-state index contributed by atoms with van der Waals surface area (Å²) < 4.78 is 5.46. The predicted molar refractivity (Wildman–Crippen MR) is 49.6 cm³/mol. The van der Waals surface area contributed by atoms with Gasteiger partial charge in [-0.2, -0.15) is 0 Å². The second-order valence-electron chi connectivity index (χ2n) is 3.45. The average molecular weight is 178 g/mol. The smallest absolute Gasteiger partial charge is 0.232 e. The molecule has 1 aromatic heterocycles. The van der Waals surface area contributed by atoms with Gasteiger partial charge in [0.05, 0.1) is 24.7 Å². The van der Waals surface area contributed by atoms with Gasteiger partial charge >= 0.3 is 0 Å². The highest BCUT2D eigenvalue weighted by Gasteiger charge is 2.22. The minimum Gasteiger partial charge on any atom is -0.476 e. The SMILES string of the molecule is CCc1cnc(OCC2CC2)cn1. The zero-order valence-electron chi connectivity index (χ0n) is 7.86.